The third-order valence-electron chi connectivity index (χ3n) is 1.15. The van der Waals surface area contributed by atoms with Crippen molar-refractivity contribution in [2.75, 3.05) is 0 Å². The number of hydrogen-bond donors (Lipinski definition) is 10. The van der Waals surface area contributed by atoms with Crippen LogP contribution in [0.1, 0.15) is 19.3 Å². The van der Waals surface area contributed by atoms with Gasteiger partial charge in [0.1, 0.15) is 6.42 Å². The quantitative estimate of drug-likeness (QED) is 0.0876. The predicted octanol–water partition coefficient (Wildman–Crippen LogP) is -11.9. The molecule has 0 amide bonds. The molecule has 0 unspecified atom stereocenters. The molecule has 0 aromatic rings. The van der Waals surface area contributed by atoms with Crippen LogP contribution in [0.3, 0.4) is 0 Å². The second-order valence-electron chi connectivity index (χ2n) is 3.36. The van der Waals surface area contributed by atoms with Crippen molar-refractivity contribution in [3.63, 3.8) is 0 Å². The number of aliphatic carboxylic acids is 2. The maximum absolute atomic E-state index is 9.43. The fourth-order valence-corrected chi connectivity index (χ4v) is 0.506. The van der Waals surface area contributed by atoms with Gasteiger partial charge in [-0.1, -0.05) is 0 Å². The Hall–Kier alpha value is 6.18. The van der Waals surface area contributed by atoms with Crippen molar-refractivity contribution in [1.82, 2.24) is 0 Å². The number of hydrogen-bond acceptors (Lipinski definition) is 10. The van der Waals surface area contributed by atoms with E-state index in [-0.39, 0.29) is 296 Å². The number of aliphatic hydroxyl groups excluding tert-OH is 4. The normalized spacial score (nSPS) is 6.06. The van der Waals surface area contributed by atoms with E-state index in [2.05, 4.69) is 0 Å². The summed E-state index contributed by atoms with van der Waals surface area (Å²) < 4.78 is 0. The van der Waals surface area contributed by atoms with Gasteiger partial charge in [0.05, 0.1) is 0 Å². The van der Waals surface area contributed by atoms with Crippen LogP contribution in [0.4, 0.5) is 0 Å². The molecule has 0 bridgehead atoms. The van der Waals surface area contributed by atoms with Crippen molar-refractivity contribution in [3.8, 4) is 0 Å². The Morgan fingerprint density at radius 1 is 0.400 bits per heavy atom. The number of aliphatic hydroxyl groups is 8. The third-order valence-corrected chi connectivity index (χ3v) is 1.15. The Balaban J connectivity index is -0.00000000771. The van der Waals surface area contributed by atoms with E-state index in [1.165, 1.54) is 0 Å². The van der Waals surface area contributed by atoms with Crippen molar-refractivity contribution in [2.45, 2.75) is 44.4 Å². The Morgan fingerprint density at radius 3 is 0.514 bits per heavy atom. The van der Waals surface area contributed by atoms with Crippen LogP contribution in [0.5, 0.6) is 0 Å². The van der Waals surface area contributed by atoms with Crippen LogP contribution < -0.4 is 0 Å². The second kappa shape index (κ2) is 83.5. The van der Waals surface area contributed by atoms with Gasteiger partial charge >= 0.3 is 11.9 Å². The zero-order chi connectivity index (χ0) is 17.6. The summed E-state index contributed by atoms with van der Waals surface area (Å²) in [4.78, 5) is 18.9. The van der Waals surface area contributed by atoms with Gasteiger partial charge in [-0.05, 0) is 0 Å². The van der Waals surface area contributed by atoms with E-state index in [4.69, 9.17) is 51.1 Å². The van der Waals surface area contributed by atoms with E-state index in [9.17, 15) is 9.59 Å². The SMILES string of the molecule is O.O.O.O.O.O.O.O.O.O=C(O)CC(=O)O.OC(O)CC(O)O.OC(O)CC(O)O.[Eu].[Eu].[Eu].[Eu].[Eu]. The fraction of sp³-hybridized carbons (Fsp3) is 0.778. The fourth-order valence-electron chi connectivity index (χ4n) is 0.506. The molecule has 0 aliphatic rings. The minimum atomic E-state index is -1.63. The van der Waals surface area contributed by atoms with Gasteiger partial charge in [-0.3, -0.25) is 9.59 Å². The van der Waals surface area contributed by atoms with Crippen molar-refractivity contribution in [2.24, 2.45) is 0 Å². The molecule has 0 aliphatic heterocycles. The summed E-state index contributed by atoms with van der Waals surface area (Å²) >= 11 is 0. The molecule has 0 aliphatic carbocycles. The molecular weight excluding hydrogens is 1200 g/mol. The van der Waals surface area contributed by atoms with Crippen LogP contribution in [0, 0.1) is 247 Å². The largest absolute Gasteiger partial charge is 0.481 e. The molecule has 0 saturated heterocycles. The van der Waals surface area contributed by atoms with E-state index >= 15 is 0 Å². The summed E-state index contributed by atoms with van der Waals surface area (Å²) in [5, 5.41) is 79.1. The van der Waals surface area contributed by atoms with Crippen LogP contribution in [0.25, 0.3) is 0 Å². The molecule has 26 heteroatoms. The first-order valence-corrected chi connectivity index (χ1v) is 5.26. The smallest absolute Gasteiger partial charge is 0.314 e. The summed E-state index contributed by atoms with van der Waals surface area (Å²) in [6, 6.07) is 0. The molecule has 0 spiro atoms. The first-order chi connectivity index (χ1) is 9.38. The third kappa shape index (κ3) is 177. The Morgan fingerprint density at radius 2 is 0.514 bits per heavy atom. The maximum Gasteiger partial charge on any atom is 0.314 e. The van der Waals surface area contributed by atoms with E-state index < -0.39 is 56.4 Å². The van der Waals surface area contributed by atoms with Gasteiger partial charge in [0.2, 0.25) is 0 Å². The topological polar surface area (TPSA) is 520 Å². The van der Waals surface area contributed by atoms with Crippen molar-refractivity contribution in [1.29, 1.82) is 0 Å². The van der Waals surface area contributed by atoms with Gasteiger partial charge in [-0.25, -0.2) is 0 Å². The summed E-state index contributed by atoms with van der Waals surface area (Å²) in [6.07, 6.45) is -8.14. The van der Waals surface area contributed by atoms with Crippen LogP contribution >= 0.6 is 0 Å². The molecule has 28 N–H and O–H groups in total. The van der Waals surface area contributed by atoms with E-state index in [1.54, 1.807) is 0 Å². The number of carboxylic acid groups (broad SMARTS) is 2. The number of rotatable bonds is 6. The summed E-state index contributed by atoms with van der Waals surface area (Å²) in [5.74, 6) is -2.62. The number of carboxylic acids is 2. The summed E-state index contributed by atoms with van der Waals surface area (Å²) in [5.41, 5.74) is 0. The maximum atomic E-state index is 9.43. The van der Waals surface area contributed by atoms with Crippen LogP contribution in [0.15, 0.2) is 0 Å². The molecule has 35 heavy (non-hydrogen) atoms. The van der Waals surface area contributed by atoms with Gasteiger partial charge in [-0.15, -0.1) is 0 Å². The Kier molecular flexibility index (Phi) is 271. The van der Waals surface area contributed by atoms with E-state index in [1.807, 2.05) is 0 Å². The zero-order valence-corrected chi connectivity index (χ0v) is 29.2. The number of carbonyl (C=O) groups is 2. The zero-order valence-electron chi connectivity index (χ0n) is 17.1. The molecule has 0 rings (SSSR count). The van der Waals surface area contributed by atoms with Crippen molar-refractivity contribution in [3.05, 3.63) is 0 Å². The minimum absolute atomic E-state index is 0. The molecular formula is C9H38Eu5O21. The van der Waals surface area contributed by atoms with Crippen molar-refractivity contribution < 1.29 is 357 Å². The summed E-state index contributed by atoms with van der Waals surface area (Å²) in [6.45, 7) is 0. The average Bonchev–Trinajstić information content (AvgIpc) is 2.10. The molecule has 0 aromatic heterocycles. The monoisotopic (exact) mass is 1250 g/mol. The predicted molar refractivity (Wildman–Crippen MR) is 94.5 cm³/mol. The van der Waals surface area contributed by atoms with Crippen LogP contribution in [-0.4, -0.2) is 137 Å². The van der Waals surface area contributed by atoms with Gasteiger partial charge in [0.15, 0.2) is 25.2 Å². The van der Waals surface area contributed by atoms with Gasteiger partial charge in [0, 0.05) is 260 Å². The van der Waals surface area contributed by atoms with Gasteiger partial charge in [0.25, 0.3) is 0 Å². The average molecular weight is 1240 g/mol. The molecule has 0 aromatic carbocycles. The minimum Gasteiger partial charge on any atom is -0.481 e. The molecule has 0 saturated carbocycles. The first kappa shape index (κ1) is 114. The Bertz CT molecular complexity index is 250. The second-order valence-corrected chi connectivity index (χ2v) is 3.36. The van der Waals surface area contributed by atoms with Gasteiger partial charge in [-0.2, -0.15) is 0 Å². The molecule has 5 radical (unpaired) electrons. The molecule has 0 atom stereocenters. The molecule has 0 fully saturated rings. The summed E-state index contributed by atoms with van der Waals surface area (Å²) in [7, 11) is 0. The van der Waals surface area contributed by atoms with Gasteiger partial charge < -0.3 is 100 Å². The van der Waals surface area contributed by atoms with E-state index in [0.717, 1.165) is 0 Å². The Labute approximate surface area is 402 Å². The molecule has 21 nitrogen and oxygen atoms in total. The first-order valence-electron chi connectivity index (χ1n) is 5.26. The molecule has 235 valence electrons. The van der Waals surface area contributed by atoms with Crippen molar-refractivity contribution >= 4 is 11.9 Å². The van der Waals surface area contributed by atoms with E-state index in [0.29, 0.717) is 0 Å². The van der Waals surface area contributed by atoms with Crippen LogP contribution in [-0.2, 0) is 9.59 Å². The standard InChI is InChI=1S/2C3H8O4.C3H4O4.5Eu.9H2O/c3*4-2(5)1-3(6)7;;;;;;;;;;;;;;/h2*2-7H,1H2;1H2,(H,4,5)(H,6,7);;;;;;9*1H2. The molecule has 0 heterocycles. The van der Waals surface area contributed by atoms with Crippen LogP contribution in [0.2, 0.25) is 0 Å².